The highest BCUT2D eigenvalue weighted by atomic mass is 32.2. The molecular formula is C11H9NS2. The lowest BCUT2D eigenvalue weighted by Crippen LogP contribution is -1.80. The maximum atomic E-state index is 8.96. The topological polar surface area (TPSA) is 23.8 Å². The van der Waals surface area contributed by atoms with Crippen LogP contribution in [-0.2, 0) is 0 Å². The van der Waals surface area contributed by atoms with E-state index in [1.807, 2.05) is 18.4 Å². The largest absolute Gasteiger partial charge is 0.192 e. The molecule has 0 amide bonds. The van der Waals surface area contributed by atoms with Gasteiger partial charge >= 0.3 is 0 Å². The van der Waals surface area contributed by atoms with Crippen LogP contribution in [0.4, 0.5) is 0 Å². The number of benzene rings is 1. The van der Waals surface area contributed by atoms with Gasteiger partial charge in [0, 0.05) is 9.60 Å². The van der Waals surface area contributed by atoms with Gasteiger partial charge in [0.1, 0.15) is 6.07 Å². The molecule has 0 aliphatic carbocycles. The zero-order chi connectivity index (χ0) is 10.1. The summed E-state index contributed by atoms with van der Waals surface area (Å²) in [5.41, 5.74) is 2.08. The molecule has 1 aromatic carbocycles. The average molecular weight is 219 g/mol. The molecule has 0 saturated heterocycles. The van der Waals surface area contributed by atoms with Crippen molar-refractivity contribution >= 4 is 33.2 Å². The van der Waals surface area contributed by atoms with Crippen molar-refractivity contribution in [3.63, 3.8) is 0 Å². The third-order valence-corrected chi connectivity index (χ3v) is 4.31. The van der Waals surface area contributed by atoms with Crippen molar-refractivity contribution in [2.45, 2.75) is 11.8 Å². The first-order valence-electron chi connectivity index (χ1n) is 4.23. The van der Waals surface area contributed by atoms with Crippen LogP contribution in [0.15, 0.2) is 22.4 Å². The minimum Gasteiger partial charge on any atom is -0.192 e. The van der Waals surface area contributed by atoms with Crippen molar-refractivity contribution in [2.75, 3.05) is 6.26 Å². The van der Waals surface area contributed by atoms with Crippen LogP contribution in [0.1, 0.15) is 11.1 Å². The van der Waals surface area contributed by atoms with E-state index < -0.39 is 0 Å². The van der Waals surface area contributed by atoms with Crippen LogP contribution >= 0.6 is 23.1 Å². The van der Waals surface area contributed by atoms with Crippen molar-refractivity contribution < 1.29 is 0 Å². The summed E-state index contributed by atoms with van der Waals surface area (Å²) in [4.78, 5) is 1.11. The second-order valence-corrected chi connectivity index (χ2v) is 4.75. The van der Waals surface area contributed by atoms with Crippen LogP contribution in [0.25, 0.3) is 10.1 Å². The van der Waals surface area contributed by atoms with E-state index in [0.29, 0.717) is 0 Å². The molecule has 0 unspecified atom stereocenters. The molecule has 0 N–H and O–H groups in total. The lowest BCUT2D eigenvalue weighted by Gasteiger charge is -2.01. The first-order valence-corrected chi connectivity index (χ1v) is 6.33. The van der Waals surface area contributed by atoms with E-state index in [4.69, 9.17) is 5.26 Å². The third kappa shape index (κ3) is 1.31. The zero-order valence-electron chi connectivity index (χ0n) is 8.00. The molecule has 0 atom stereocenters. The predicted octanol–water partition coefficient (Wildman–Crippen LogP) is 3.80. The van der Waals surface area contributed by atoms with E-state index >= 15 is 0 Å². The monoisotopic (exact) mass is 219 g/mol. The zero-order valence-corrected chi connectivity index (χ0v) is 9.63. The minimum absolute atomic E-state index is 0.784. The number of fused-ring (bicyclic) bond motifs is 1. The Morgan fingerprint density at radius 2 is 2.21 bits per heavy atom. The molecule has 0 saturated carbocycles. The fraction of sp³-hybridized carbons (Fsp3) is 0.182. The number of thiophene rings is 1. The summed E-state index contributed by atoms with van der Waals surface area (Å²) < 4.78 is 1.24. The van der Waals surface area contributed by atoms with E-state index in [2.05, 4.69) is 18.4 Å². The van der Waals surface area contributed by atoms with Crippen LogP contribution < -0.4 is 0 Å². The molecule has 0 aliphatic rings. The molecule has 0 radical (unpaired) electrons. The molecule has 3 heteroatoms. The maximum Gasteiger partial charge on any atom is 0.100 e. The molecule has 0 spiro atoms. The Labute approximate surface area is 91.4 Å². The quantitative estimate of drug-likeness (QED) is 0.681. The van der Waals surface area contributed by atoms with E-state index in [9.17, 15) is 0 Å². The fourth-order valence-electron chi connectivity index (χ4n) is 1.49. The Morgan fingerprint density at radius 1 is 1.43 bits per heavy atom. The number of hydrogen-bond donors (Lipinski definition) is 0. The molecule has 2 aromatic rings. The Balaban J connectivity index is 2.86. The molecule has 2 rings (SSSR count). The summed E-state index contributed by atoms with van der Waals surface area (Å²) in [6.07, 6.45) is 2.02. The van der Waals surface area contributed by atoms with Gasteiger partial charge in [0.05, 0.1) is 5.56 Å². The van der Waals surface area contributed by atoms with E-state index in [1.165, 1.54) is 15.6 Å². The summed E-state index contributed by atoms with van der Waals surface area (Å²) in [5.74, 6) is 0. The van der Waals surface area contributed by atoms with E-state index in [-0.39, 0.29) is 0 Å². The number of rotatable bonds is 1. The fourth-order valence-corrected chi connectivity index (χ4v) is 3.51. The number of hydrogen-bond acceptors (Lipinski definition) is 3. The average Bonchev–Trinajstić information content (AvgIpc) is 2.59. The minimum atomic E-state index is 0.784. The highest BCUT2D eigenvalue weighted by Gasteiger charge is 2.09. The van der Waals surface area contributed by atoms with Crippen molar-refractivity contribution in [3.8, 4) is 6.07 Å². The number of aryl methyl sites for hydroxylation is 1. The highest BCUT2D eigenvalue weighted by molar-refractivity contribution is 7.99. The molecule has 0 bridgehead atoms. The van der Waals surface area contributed by atoms with Crippen molar-refractivity contribution in [3.05, 3.63) is 28.6 Å². The van der Waals surface area contributed by atoms with Crippen LogP contribution in [-0.4, -0.2) is 6.26 Å². The molecule has 0 aliphatic heterocycles. The molecule has 70 valence electrons. The van der Waals surface area contributed by atoms with E-state index in [1.54, 1.807) is 23.1 Å². The Kier molecular flexibility index (Phi) is 2.49. The summed E-state index contributed by atoms with van der Waals surface area (Å²) in [7, 11) is 0. The van der Waals surface area contributed by atoms with Gasteiger partial charge in [-0.25, -0.2) is 0 Å². The first kappa shape index (κ1) is 9.57. The SMILES string of the molecule is CSc1c(C#N)ccc2c(C)csc12. The molecule has 1 nitrogen and oxygen atoms in total. The summed E-state index contributed by atoms with van der Waals surface area (Å²) >= 11 is 3.37. The number of nitrogens with zero attached hydrogens (tertiary/aromatic N) is 1. The molecule has 1 heterocycles. The number of thioether (sulfide) groups is 1. The normalized spacial score (nSPS) is 10.4. The van der Waals surface area contributed by atoms with Gasteiger partial charge in [-0.15, -0.1) is 23.1 Å². The van der Waals surface area contributed by atoms with Crippen LogP contribution in [0.3, 0.4) is 0 Å². The lowest BCUT2D eigenvalue weighted by atomic mass is 10.1. The second-order valence-electron chi connectivity index (χ2n) is 3.05. The van der Waals surface area contributed by atoms with Crippen LogP contribution in [0.2, 0.25) is 0 Å². The van der Waals surface area contributed by atoms with Gasteiger partial charge in [-0.2, -0.15) is 5.26 Å². The highest BCUT2D eigenvalue weighted by Crippen LogP contribution is 2.35. The van der Waals surface area contributed by atoms with Crippen molar-refractivity contribution in [1.29, 1.82) is 5.26 Å². The van der Waals surface area contributed by atoms with E-state index in [0.717, 1.165) is 10.5 Å². The smallest absolute Gasteiger partial charge is 0.100 e. The van der Waals surface area contributed by atoms with Gasteiger partial charge in [-0.3, -0.25) is 0 Å². The van der Waals surface area contributed by atoms with Crippen LogP contribution in [0, 0.1) is 18.3 Å². The summed E-state index contributed by atoms with van der Waals surface area (Å²) in [6, 6.07) is 6.19. The van der Waals surface area contributed by atoms with Gasteiger partial charge in [-0.1, -0.05) is 6.07 Å². The van der Waals surface area contributed by atoms with Crippen molar-refractivity contribution in [2.24, 2.45) is 0 Å². The molecule has 14 heavy (non-hydrogen) atoms. The van der Waals surface area contributed by atoms with Gasteiger partial charge in [0.2, 0.25) is 0 Å². The number of nitriles is 1. The molecule has 1 aromatic heterocycles. The lowest BCUT2D eigenvalue weighted by molar-refractivity contribution is 1.42. The van der Waals surface area contributed by atoms with Gasteiger partial charge in [-0.05, 0) is 35.6 Å². The summed E-state index contributed by atoms with van der Waals surface area (Å²) in [5, 5.41) is 12.4. The Bertz CT molecular complexity index is 520. The first-order chi connectivity index (χ1) is 6.77. The van der Waals surface area contributed by atoms with Gasteiger partial charge in [0.15, 0.2) is 0 Å². The summed E-state index contributed by atoms with van der Waals surface area (Å²) in [6.45, 7) is 2.11. The van der Waals surface area contributed by atoms with Gasteiger partial charge in [0.25, 0.3) is 0 Å². The van der Waals surface area contributed by atoms with Gasteiger partial charge < -0.3 is 0 Å². The Morgan fingerprint density at radius 3 is 2.86 bits per heavy atom. The molecule has 0 fully saturated rings. The third-order valence-electron chi connectivity index (χ3n) is 2.22. The molecular weight excluding hydrogens is 210 g/mol. The predicted molar refractivity (Wildman–Crippen MR) is 63.1 cm³/mol. The standard InChI is InChI=1S/C11H9NS2/c1-7-6-14-11-9(7)4-3-8(5-12)10(11)13-2/h3-4,6H,1-2H3. The van der Waals surface area contributed by atoms with Crippen molar-refractivity contribution in [1.82, 2.24) is 0 Å². The Hall–Kier alpha value is -0.980. The second kappa shape index (κ2) is 3.64. The maximum absolute atomic E-state index is 8.96. The van der Waals surface area contributed by atoms with Crippen LogP contribution in [0.5, 0.6) is 0 Å².